The molecule has 0 unspecified atom stereocenters. The largest absolute Gasteiger partial charge is 0.462 e. The summed E-state index contributed by atoms with van der Waals surface area (Å²) in [6.07, 6.45) is 1.50. The van der Waals surface area contributed by atoms with Crippen molar-refractivity contribution in [3.8, 4) is 0 Å². The summed E-state index contributed by atoms with van der Waals surface area (Å²) >= 11 is 0. The molecule has 0 radical (unpaired) electrons. The lowest BCUT2D eigenvalue weighted by Crippen LogP contribution is -2.18. The van der Waals surface area contributed by atoms with Crippen LogP contribution in [0.3, 0.4) is 0 Å². The molecule has 0 aromatic heterocycles. The first-order chi connectivity index (χ1) is 9.99. The standard InChI is InChI=1S/C17H22O4/c1-5-20-16(18)15(17(19)21-6-2)11-13-7-9-14(10-8-13)12(3)4/h7-12H,5-6H2,1-4H3. The summed E-state index contributed by atoms with van der Waals surface area (Å²) in [5, 5.41) is 0. The molecule has 1 aromatic rings. The third-order valence-electron chi connectivity index (χ3n) is 2.90. The highest BCUT2D eigenvalue weighted by atomic mass is 16.6. The van der Waals surface area contributed by atoms with Crippen LogP contribution in [0, 0.1) is 0 Å². The van der Waals surface area contributed by atoms with Gasteiger partial charge >= 0.3 is 11.9 Å². The summed E-state index contributed by atoms with van der Waals surface area (Å²) in [5.41, 5.74) is 1.87. The SMILES string of the molecule is CCOC(=O)C(=Cc1ccc(C(C)C)cc1)C(=O)OCC. The van der Waals surface area contributed by atoms with E-state index in [4.69, 9.17) is 9.47 Å². The Morgan fingerprint density at radius 1 is 1.00 bits per heavy atom. The zero-order valence-corrected chi connectivity index (χ0v) is 13.0. The maximum atomic E-state index is 11.8. The Morgan fingerprint density at radius 2 is 1.48 bits per heavy atom. The van der Waals surface area contributed by atoms with Crippen molar-refractivity contribution in [2.24, 2.45) is 0 Å². The fraction of sp³-hybridized carbons (Fsp3) is 0.412. The summed E-state index contributed by atoms with van der Waals surface area (Å²) in [4.78, 5) is 23.7. The second-order valence-corrected chi connectivity index (χ2v) is 4.82. The van der Waals surface area contributed by atoms with Crippen molar-refractivity contribution in [3.63, 3.8) is 0 Å². The Bertz CT molecular complexity index is 492. The fourth-order valence-corrected chi connectivity index (χ4v) is 1.76. The van der Waals surface area contributed by atoms with Gasteiger partial charge in [0.2, 0.25) is 0 Å². The van der Waals surface area contributed by atoms with Crippen LogP contribution in [-0.2, 0) is 19.1 Å². The summed E-state index contributed by atoms with van der Waals surface area (Å²) < 4.78 is 9.80. The van der Waals surface area contributed by atoms with E-state index in [-0.39, 0.29) is 18.8 Å². The molecule has 0 bridgehead atoms. The molecule has 0 aliphatic heterocycles. The average Bonchev–Trinajstić information content (AvgIpc) is 2.45. The number of carbonyl (C=O) groups excluding carboxylic acids is 2. The Morgan fingerprint density at radius 3 is 1.86 bits per heavy atom. The fourth-order valence-electron chi connectivity index (χ4n) is 1.76. The van der Waals surface area contributed by atoms with Gasteiger partial charge < -0.3 is 9.47 Å². The summed E-state index contributed by atoms with van der Waals surface area (Å²) in [6, 6.07) is 7.69. The van der Waals surface area contributed by atoms with Crippen molar-refractivity contribution in [1.82, 2.24) is 0 Å². The topological polar surface area (TPSA) is 52.6 Å². The highest BCUT2D eigenvalue weighted by Crippen LogP contribution is 2.17. The Kier molecular flexibility index (Phi) is 6.66. The number of benzene rings is 1. The quantitative estimate of drug-likeness (QED) is 0.349. The minimum atomic E-state index is -0.663. The molecule has 0 heterocycles. The van der Waals surface area contributed by atoms with E-state index in [0.29, 0.717) is 5.92 Å². The number of rotatable bonds is 6. The van der Waals surface area contributed by atoms with Crippen molar-refractivity contribution < 1.29 is 19.1 Å². The molecule has 1 aromatic carbocycles. The molecule has 0 aliphatic rings. The van der Waals surface area contributed by atoms with Gasteiger partial charge in [-0.2, -0.15) is 0 Å². The molecule has 0 atom stereocenters. The van der Waals surface area contributed by atoms with Gasteiger partial charge in [0.25, 0.3) is 0 Å². The minimum Gasteiger partial charge on any atom is -0.462 e. The van der Waals surface area contributed by atoms with Gasteiger partial charge in [-0.05, 0) is 37.0 Å². The van der Waals surface area contributed by atoms with Crippen LogP contribution in [-0.4, -0.2) is 25.2 Å². The Balaban J connectivity index is 3.06. The first-order valence-corrected chi connectivity index (χ1v) is 7.15. The van der Waals surface area contributed by atoms with E-state index >= 15 is 0 Å². The van der Waals surface area contributed by atoms with Crippen molar-refractivity contribution in [2.45, 2.75) is 33.6 Å². The molecule has 4 heteroatoms. The molecule has 1 rings (SSSR count). The first kappa shape index (κ1) is 17.0. The lowest BCUT2D eigenvalue weighted by molar-refractivity contribution is -0.146. The minimum absolute atomic E-state index is 0.0870. The molecule has 21 heavy (non-hydrogen) atoms. The van der Waals surface area contributed by atoms with E-state index in [9.17, 15) is 9.59 Å². The van der Waals surface area contributed by atoms with Gasteiger partial charge in [0.15, 0.2) is 0 Å². The van der Waals surface area contributed by atoms with Gasteiger partial charge in [-0.25, -0.2) is 9.59 Å². The number of hydrogen-bond donors (Lipinski definition) is 0. The maximum absolute atomic E-state index is 11.8. The van der Waals surface area contributed by atoms with E-state index in [1.807, 2.05) is 24.3 Å². The smallest absolute Gasteiger partial charge is 0.345 e. The van der Waals surface area contributed by atoms with Gasteiger partial charge in [0.1, 0.15) is 5.57 Å². The average molecular weight is 290 g/mol. The van der Waals surface area contributed by atoms with E-state index in [2.05, 4.69) is 13.8 Å². The number of ether oxygens (including phenoxy) is 2. The van der Waals surface area contributed by atoms with Crippen LogP contribution in [0.5, 0.6) is 0 Å². The van der Waals surface area contributed by atoms with Crippen LogP contribution in [0.2, 0.25) is 0 Å². The van der Waals surface area contributed by atoms with E-state index in [1.165, 1.54) is 11.6 Å². The number of hydrogen-bond acceptors (Lipinski definition) is 4. The second kappa shape index (κ2) is 8.25. The lowest BCUT2D eigenvalue weighted by atomic mass is 10.0. The zero-order chi connectivity index (χ0) is 15.8. The van der Waals surface area contributed by atoms with Gasteiger partial charge in [-0.1, -0.05) is 38.1 Å². The van der Waals surface area contributed by atoms with E-state index < -0.39 is 11.9 Å². The van der Waals surface area contributed by atoms with Crippen molar-refractivity contribution in [3.05, 3.63) is 41.0 Å². The van der Waals surface area contributed by atoms with Crippen LogP contribution in [0.15, 0.2) is 29.8 Å². The van der Waals surface area contributed by atoms with E-state index in [1.54, 1.807) is 13.8 Å². The van der Waals surface area contributed by atoms with Crippen LogP contribution in [0.1, 0.15) is 44.7 Å². The molecule has 0 saturated carbocycles. The molecule has 0 amide bonds. The monoisotopic (exact) mass is 290 g/mol. The third-order valence-corrected chi connectivity index (χ3v) is 2.90. The Labute approximate surface area is 125 Å². The van der Waals surface area contributed by atoms with Gasteiger partial charge in [0, 0.05) is 0 Å². The molecular weight excluding hydrogens is 268 g/mol. The molecule has 0 aliphatic carbocycles. The second-order valence-electron chi connectivity index (χ2n) is 4.82. The molecule has 114 valence electrons. The summed E-state index contributed by atoms with van der Waals surface area (Å²) in [5.74, 6) is -0.898. The van der Waals surface area contributed by atoms with Gasteiger partial charge in [-0.3, -0.25) is 0 Å². The van der Waals surface area contributed by atoms with Crippen molar-refractivity contribution in [2.75, 3.05) is 13.2 Å². The predicted octanol–water partition coefficient (Wildman–Crippen LogP) is 3.32. The molecule has 0 spiro atoms. The molecule has 0 fully saturated rings. The molecular formula is C17H22O4. The first-order valence-electron chi connectivity index (χ1n) is 7.15. The number of carbonyl (C=O) groups is 2. The summed E-state index contributed by atoms with van der Waals surface area (Å²) in [7, 11) is 0. The van der Waals surface area contributed by atoms with Crippen LogP contribution >= 0.6 is 0 Å². The number of esters is 2. The lowest BCUT2D eigenvalue weighted by Gasteiger charge is -2.08. The van der Waals surface area contributed by atoms with Gasteiger partial charge in [0.05, 0.1) is 13.2 Å². The van der Waals surface area contributed by atoms with E-state index in [0.717, 1.165) is 5.56 Å². The van der Waals surface area contributed by atoms with Crippen LogP contribution in [0.25, 0.3) is 6.08 Å². The highest BCUT2D eigenvalue weighted by molar-refractivity contribution is 6.17. The van der Waals surface area contributed by atoms with Crippen LogP contribution < -0.4 is 0 Å². The predicted molar refractivity (Wildman–Crippen MR) is 81.8 cm³/mol. The van der Waals surface area contributed by atoms with Crippen molar-refractivity contribution in [1.29, 1.82) is 0 Å². The summed E-state index contributed by atoms with van der Waals surface area (Å²) in [6.45, 7) is 8.01. The van der Waals surface area contributed by atoms with Crippen molar-refractivity contribution >= 4 is 18.0 Å². The molecule has 0 N–H and O–H groups in total. The third kappa shape index (κ3) is 5.06. The van der Waals surface area contributed by atoms with Crippen LogP contribution in [0.4, 0.5) is 0 Å². The normalized spacial score (nSPS) is 10.1. The zero-order valence-electron chi connectivity index (χ0n) is 13.0. The highest BCUT2D eigenvalue weighted by Gasteiger charge is 2.20. The van der Waals surface area contributed by atoms with Gasteiger partial charge in [-0.15, -0.1) is 0 Å². The Hall–Kier alpha value is -2.10. The molecule has 4 nitrogen and oxygen atoms in total. The maximum Gasteiger partial charge on any atom is 0.345 e. The molecule has 0 saturated heterocycles.